The Morgan fingerprint density at radius 3 is 2.27 bits per heavy atom. The van der Waals surface area contributed by atoms with Crippen LogP contribution in [0.15, 0.2) is 42.5 Å². The Morgan fingerprint density at radius 1 is 1.06 bits per heavy atom. The van der Waals surface area contributed by atoms with Crippen molar-refractivity contribution in [3.05, 3.63) is 59.2 Å². The van der Waals surface area contributed by atoms with Gasteiger partial charge in [-0.3, -0.25) is 0 Å². The van der Waals surface area contributed by atoms with Gasteiger partial charge in [0.2, 0.25) is 0 Å². The number of nitriles is 2. The van der Waals surface area contributed by atoms with E-state index >= 15 is 0 Å². The summed E-state index contributed by atoms with van der Waals surface area (Å²) >= 11 is 0. The zero-order valence-corrected chi connectivity index (χ0v) is 16.6. The molecule has 1 fully saturated rings. The lowest BCUT2D eigenvalue weighted by Crippen LogP contribution is -2.48. The molecule has 3 rings (SSSR count). The topological polar surface area (TPSA) is 89.5 Å². The number of ether oxygens (including phenoxy) is 2. The van der Waals surface area contributed by atoms with Gasteiger partial charge in [-0.05, 0) is 42.5 Å². The quantitative estimate of drug-likeness (QED) is 0.664. The molecule has 0 radical (unpaired) electrons. The van der Waals surface area contributed by atoms with Crippen LogP contribution >= 0.6 is 0 Å². The molecule has 1 N–H and O–H groups in total. The summed E-state index contributed by atoms with van der Waals surface area (Å²) in [4.78, 5) is 0.849. The van der Waals surface area contributed by atoms with Gasteiger partial charge in [0.15, 0.2) is 12.3 Å². The number of nitrogens with zero attached hydrogens (tertiary/aromatic N) is 3. The van der Waals surface area contributed by atoms with Gasteiger partial charge < -0.3 is 19.5 Å². The molecule has 6 nitrogen and oxygen atoms in total. The molecule has 2 aromatic rings. The Hall–Kier alpha value is -3.48. The fraction of sp³-hybridized carbons (Fsp3) is 0.333. The van der Waals surface area contributed by atoms with Crippen LogP contribution in [0.4, 0.5) is 32.0 Å². The lowest BCUT2D eigenvalue weighted by molar-refractivity contribution is -0.234. The number of benzene rings is 2. The average Bonchev–Trinajstić information content (AvgIpc) is 3.19. The third-order valence-electron chi connectivity index (χ3n) is 4.82. The Labute approximate surface area is 183 Å². The third kappa shape index (κ3) is 5.48. The Bertz CT molecular complexity index is 1070. The molecule has 0 saturated carbocycles. The minimum atomic E-state index is -5.11. The van der Waals surface area contributed by atoms with Gasteiger partial charge in [0.25, 0.3) is 0 Å². The maximum Gasteiger partial charge on any atom is 0.418 e. The molecule has 33 heavy (non-hydrogen) atoms. The third-order valence-corrected chi connectivity index (χ3v) is 4.82. The summed E-state index contributed by atoms with van der Waals surface area (Å²) < 4.78 is 90.3. The van der Waals surface area contributed by atoms with E-state index in [4.69, 9.17) is 20.0 Å². The van der Waals surface area contributed by atoms with Crippen LogP contribution in [0.3, 0.4) is 0 Å². The predicted octanol–water partition coefficient (Wildman–Crippen LogP) is 3.98. The summed E-state index contributed by atoms with van der Waals surface area (Å²) in [6.07, 6.45) is -16.1. The molecule has 174 valence electrons. The molecule has 2 aromatic carbocycles. The van der Waals surface area contributed by atoms with E-state index < -0.39 is 41.9 Å². The summed E-state index contributed by atoms with van der Waals surface area (Å²) in [5.41, 5.74) is -1.96. The highest BCUT2D eigenvalue weighted by Gasteiger charge is 2.51. The van der Waals surface area contributed by atoms with Crippen LogP contribution in [0.1, 0.15) is 16.7 Å². The van der Waals surface area contributed by atoms with Gasteiger partial charge in [-0.2, -0.15) is 36.9 Å². The minimum absolute atomic E-state index is 0.272. The molecule has 0 aromatic heterocycles. The van der Waals surface area contributed by atoms with Crippen LogP contribution in [-0.2, 0) is 10.9 Å². The summed E-state index contributed by atoms with van der Waals surface area (Å²) in [6, 6.07) is 11.6. The van der Waals surface area contributed by atoms with E-state index in [0.717, 1.165) is 17.0 Å². The second-order valence-electron chi connectivity index (χ2n) is 7.07. The van der Waals surface area contributed by atoms with Gasteiger partial charge in [-0.15, -0.1) is 0 Å². The number of rotatable bonds is 5. The van der Waals surface area contributed by atoms with Crippen molar-refractivity contribution in [2.75, 3.05) is 18.1 Å². The molecule has 0 unspecified atom stereocenters. The maximum atomic E-state index is 13.3. The van der Waals surface area contributed by atoms with Gasteiger partial charge in [0.1, 0.15) is 18.5 Å². The van der Waals surface area contributed by atoms with Crippen LogP contribution in [0.2, 0.25) is 0 Å². The predicted molar refractivity (Wildman–Crippen MR) is 101 cm³/mol. The van der Waals surface area contributed by atoms with Crippen molar-refractivity contribution in [1.29, 1.82) is 10.5 Å². The van der Waals surface area contributed by atoms with E-state index in [2.05, 4.69) is 0 Å². The van der Waals surface area contributed by atoms with E-state index in [1.165, 1.54) is 30.3 Å². The fourth-order valence-corrected chi connectivity index (χ4v) is 3.25. The summed E-state index contributed by atoms with van der Waals surface area (Å²) in [5, 5.41) is 27.5. The highest BCUT2D eigenvalue weighted by molar-refractivity contribution is 5.56. The summed E-state index contributed by atoms with van der Waals surface area (Å²) in [5.74, 6) is 0.293. The van der Waals surface area contributed by atoms with Crippen molar-refractivity contribution in [1.82, 2.24) is 0 Å². The fourth-order valence-electron chi connectivity index (χ4n) is 3.25. The van der Waals surface area contributed by atoms with Gasteiger partial charge in [-0.25, -0.2) is 0 Å². The monoisotopic (exact) mass is 471 g/mol. The molecule has 1 aliphatic heterocycles. The second kappa shape index (κ2) is 9.17. The number of aliphatic hydroxyl groups is 1. The first-order valence-corrected chi connectivity index (χ1v) is 9.35. The number of aliphatic hydroxyl groups excluding tert-OH is 1. The second-order valence-corrected chi connectivity index (χ2v) is 7.07. The molecular formula is C21H15F6N3O3. The van der Waals surface area contributed by atoms with E-state index in [9.17, 15) is 31.4 Å². The molecule has 1 saturated heterocycles. The zero-order chi connectivity index (χ0) is 24.4. The summed E-state index contributed by atoms with van der Waals surface area (Å²) in [7, 11) is 0. The SMILES string of the molecule is N#Cc1ccc(OC[C@@H]2CN(c3ccc(C#N)c(C(F)(F)F)c3)[C@@H]([C@@H](O)C(F)(F)F)O2)cc1. The molecular weight excluding hydrogens is 456 g/mol. The standard InChI is InChI=1S/C21H15F6N3O3/c22-20(23,24)17-7-14(4-3-13(17)9-29)30-10-16(33-19(30)18(31)21(25,26)27)11-32-15-5-1-12(8-28)2-6-15/h1-7,16,18-19,31H,10-11H2/t16-,18+,19+/m0/s1. The van der Waals surface area contributed by atoms with E-state index in [1.54, 1.807) is 0 Å². The van der Waals surface area contributed by atoms with Crippen LogP contribution in [0.5, 0.6) is 5.75 Å². The molecule has 12 heteroatoms. The number of anilines is 1. The first kappa shape index (κ1) is 24.2. The van der Waals surface area contributed by atoms with Crippen molar-refractivity contribution in [3.63, 3.8) is 0 Å². The number of alkyl halides is 6. The smallest absolute Gasteiger partial charge is 0.418 e. The molecule has 0 aliphatic carbocycles. The lowest BCUT2D eigenvalue weighted by Gasteiger charge is -2.30. The molecule has 1 aliphatic rings. The summed E-state index contributed by atoms with van der Waals surface area (Å²) in [6.45, 7) is -0.594. The van der Waals surface area contributed by atoms with Crippen molar-refractivity contribution in [2.45, 2.75) is 30.8 Å². The average molecular weight is 471 g/mol. The van der Waals surface area contributed by atoms with E-state index in [1.807, 2.05) is 6.07 Å². The van der Waals surface area contributed by atoms with E-state index in [-0.39, 0.29) is 18.8 Å². The molecule has 1 heterocycles. The van der Waals surface area contributed by atoms with Gasteiger partial charge in [0.05, 0.1) is 35.4 Å². The lowest BCUT2D eigenvalue weighted by atomic mass is 10.1. The Kier molecular flexibility index (Phi) is 6.72. The highest BCUT2D eigenvalue weighted by atomic mass is 19.4. The number of hydrogen-bond acceptors (Lipinski definition) is 6. The molecule has 0 spiro atoms. The number of hydrogen-bond donors (Lipinski definition) is 1. The van der Waals surface area contributed by atoms with Crippen LogP contribution in [0.25, 0.3) is 0 Å². The highest BCUT2D eigenvalue weighted by Crippen LogP contribution is 2.38. The first-order valence-electron chi connectivity index (χ1n) is 9.35. The minimum Gasteiger partial charge on any atom is -0.491 e. The normalized spacial score (nSPS) is 19.6. The van der Waals surface area contributed by atoms with E-state index in [0.29, 0.717) is 17.4 Å². The van der Waals surface area contributed by atoms with Crippen molar-refractivity contribution in [2.24, 2.45) is 0 Å². The van der Waals surface area contributed by atoms with Gasteiger partial charge in [0, 0.05) is 5.69 Å². The largest absolute Gasteiger partial charge is 0.491 e. The molecule has 0 bridgehead atoms. The van der Waals surface area contributed by atoms with Crippen LogP contribution < -0.4 is 9.64 Å². The Morgan fingerprint density at radius 2 is 1.73 bits per heavy atom. The van der Waals surface area contributed by atoms with Crippen molar-refractivity contribution >= 4 is 5.69 Å². The first-order chi connectivity index (χ1) is 15.4. The maximum absolute atomic E-state index is 13.3. The Balaban J connectivity index is 1.86. The van der Waals surface area contributed by atoms with Crippen molar-refractivity contribution in [3.8, 4) is 17.9 Å². The van der Waals surface area contributed by atoms with Crippen molar-refractivity contribution < 1.29 is 40.9 Å². The van der Waals surface area contributed by atoms with Gasteiger partial charge >= 0.3 is 12.4 Å². The van der Waals surface area contributed by atoms with Gasteiger partial charge in [-0.1, -0.05) is 0 Å². The zero-order valence-electron chi connectivity index (χ0n) is 16.6. The van der Waals surface area contributed by atoms with Crippen LogP contribution in [0, 0.1) is 22.7 Å². The molecule has 3 atom stereocenters. The van der Waals surface area contributed by atoms with Crippen LogP contribution in [-0.4, -0.2) is 42.9 Å². The molecule has 0 amide bonds. The number of halogens is 6.